The third kappa shape index (κ3) is 7.41. The molecule has 1 atom stereocenters. The summed E-state index contributed by atoms with van der Waals surface area (Å²) in [4.78, 5) is 10.9. The Bertz CT molecular complexity index is 760. The van der Waals surface area contributed by atoms with E-state index in [4.69, 9.17) is 4.74 Å². The van der Waals surface area contributed by atoms with Gasteiger partial charge in [-0.05, 0) is 44.2 Å². The summed E-state index contributed by atoms with van der Waals surface area (Å²) in [7, 11) is -1.64. The average Bonchev–Trinajstić information content (AvgIpc) is 2.79. The summed E-state index contributed by atoms with van der Waals surface area (Å²) in [6.45, 7) is 3.22. The summed E-state index contributed by atoms with van der Waals surface area (Å²) in [5, 5.41) is 6.52. The maximum absolute atomic E-state index is 12.2. The van der Waals surface area contributed by atoms with E-state index in [0.29, 0.717) is 25.1 Å². The zero-order valence-corrected chi connectivity index (χ0v) is 18.5. The highest BCUT2D eigenvalue weighted by Crippen LogP contribution is 2.17. The predicted molar refractivity (Wildman–Crippen MR) is 119 cm³/mol. The summed E-state index contributed by atoms with van der Waals surface area (Å²) in [5.74, 6) is 1.64. The van der Waals surface area contributed by atoms with Gasteiger partial charge in [0.05, 0.1) is 11.9 Å². The highest BCUT2D eigenvalue weighted by Gasteiger charge is 2.21. The van der Waals surface area contributed by atoms with Crippen LogP contribution in [0.5, 0.6) is 0 Å². The standard InChI is InChI=1S/C20H34N6O3S/c1-21-20(23-11-15-30(27,28)24-16-18-6-3-5-14-29-18)25-17-8-12-26(13-9-17)19-7-2-4-10-22-19/h2,4,7,10,17-18,24H,3,5-6,8-9,11-16H2,1H3,(H2,21,23,25). The second kappa shape index (κ2) is 11.5. The van der Waals surface area contributed by atoms with Crippen LogP contribution in [0.1, 0.15) is 32.1 Å². The lowest BCUT2D eigenvalue weighted by atomic mass is 10.1. The fourth-order valence-corrected chi connectivity index (χ4v) is 4.70. The van der Waals surface area contributed by atoms with Crippen LogP contribution in [-0.4, -0.2) is 77.1 Å². The fourth-order valence-electron chi connectivity index (χ4n) is 3.75. The monoisotopic (exact) mass is 438 g/mol. The molecule has 0 bridgehead atoms. The average molecular weight is 439 g/mol. The number of guanidine groups is 1. The molecule has 0 amide bonds. The van der Waals surface area contributed by atoms with E-state index in [1.54, 1.807) is 7.05 Å². The minimum atomic E-state index is -3.34. The van der Waals surface area contributed by atoms with Gasteiger partial charge in [0.2, 0.25) is 10.0 Å². The third-order valence-electron chi connectivity index (χ3n) is 5.50. The van der Waals surface area contributed by atoms with Gasteiger partial charge in [-0.1, -0.05) is 6.07 Å². The highest BCUT2D eigenvalue weighted by molar-refractivity contribution is 7.89. The fraction of sp³-hybridized carbons (Fsp3) is 0.700. The molecule has 3 N–H and O–H groups in total. The van der Waals surface area contributed by atoms with Crippen LogP contribution < -0.4 is 20.3 Å². The molecule has 10 heteroatoms. The van der Waals surface area contributed by atoms with E-state index < -0.39 is 10.0 Å². The molecule has 168 valence electrons. The van der Waals surface area contributed by atoms with Crippen LogP contribution in [0.25, 0.3) is 0 Å². The van der Waals surface area contributed by atoms with Gasteiger partial charge in [-0.15, -0.1) is 0 Å². The highest BCUT2D eigenvalue weighted by atomic mass is 32.2. The maximum Gasteiger partial charge on any atom is 0.213 e. The molecule has 0 saturated carbocycles. The summed E-state index contributed by atoms with van der Waals surface area (Å²) < 4.78 is 32.7. The Morgan fingerprint density at radius 3 is 2.77 bits per heavy atom. The SMILES string of the molecule is CN=C(NCCS(=O)(=O)NCC1CCCCO1)NC1CCN(c2ccccn2)CC1. The minimum Gasteiger partial charge on any atom is -0.377 e. The predicted octanol–water partition coefficient (Wildman–Crippen LogP) is 0.704. The van der Waals surface area contributed by atoms with Crippen molar-refractivity contribution in [1.82, 2.24) is 20.3 Å². The summed E-state index contributed by atoms with van der Waals surface area (Å²) in [6, 6.07) is 6.26. The first-order valence-corrected chi connectivity index (χ1v) is 12.4. The Morgan fingerprint density at radius 1 is 1.27 bits per heavy atom. The number of piperidine rings is 1. The number of aromatic nitrogens is 1. The first-order chi connectivity index (χ1) is 14.6. The van der Waals surface area contributed by atoms with Gasteiger partial charge in [0, 0.05) is 52.1 Å². The van der Waals surface area contributed by atoms with Crippen molar-refractivity contribution in [3.8, 4) is 0 Å². The smallest absolute Gasteiger partial charge is 0.213 e. The summed E-state index contributed by atoms with van der Waals surface area (Å²) in [5.41, 5.74) is 0. The topological polar surface area (TPSA) is 108 Å². The van der Waals surface area contributed by atoms with Crippen molar-refractivity contribution >= 4 is 21.8 Å². The molecule has 3 rings (SSSR count). The van der Waals surface area contributed by atoms with E-state index in [9.17, 15) is 8.42 Å². The van der Waals surface area contributed by atoms with Gasteiger partial charge in [-0.3, -0.25) is 4.99 Å². The van der Waals surface area contributed by atoms with Crippen molar-refractivity contribution < 1.29 is 13.2 Å². The molecule has 3 heterocycles. The van der Waals surface area contributed by atoms with Crippen LogP contribution in [0.15, 0.2) is 29.4 Å². The number of ether oxygens (including phenoxy) is 1. The molecule has 2 aliphatic heterocycles. The lowest BCUT2D eigenvalue weighted by Crippen LogP contribution is -2.49. The third-order valence-corrected chi connectivity index (χ3v) is 6.85. The number of pyridine rings is 1. The molecule has 30 heavy (non-hydrogen) atoms. The zero-order chi connectivity index (χ0) is 21.2. The van der Waals surface area contributed by atoms with Crippen LogP contribution in [-0.2, 0) is 14.8 Å². The molecular formula is C20H34N6O3S. The molecule has 1 aromatic rings. The van der Waals surface area contributed by atoms with Gasteiger partial charge in [-0.2, -0.15) is 0 Å². The van der Waals surface area contributed by atoms with Crippen molar-refractivity contribution in [1.29, 1.82) is 0 Å². The number of anilines is 1. The van der Waals surface area contributed by atoms with E-state index in [1.807, 2.05) is 24.4 Å². The van der Waals surface area contributed by atoms with Crippen LogP contribution in [0.2, 0.25) is 0 Å². The number of aliphatic imine (C=N–C) groups is 1. The van der Waals surface area contributed by atoms with Crippen molar-refractivity contribution in [2.45, 2.75) is 44.2 Å². The molecule has 0 aromatic carbocycles. The van der Waals surface area contributed by atoms with Crippen molar-refractivity contribution in [2.75, 3.05) is 50.5 Å². The first kappa shape index (κ1) is 22.8. The van der Waals surface area contributed by atoms with Gasteiger partial charge in [0.15, 0.2) is 5.96 Å². The lowest BCUT2D eigenvalue weighted by Gasteiger charge is -2.33. The van der Waals surface area contributed by atoms with E-state index in [-0.39, 0.29) is 11.9 Å². The van der Waals surface area contributed by atoms with E-state index in [1.165, 1.54) is 0 Å². The Kier molecular flexibility index (Phi) is 8.71. The largest absolute Gasteiger partial charge is 0.377 e. The van der Waals surface area contributed by atoms with Gasteiger partial charge in [0.25, 0.3) is 0 Å². The molecular weight excluding hydrogens is 404 g/mol. The van der Waals surface area contributed by atoms with Gasteiger partial charge in [0.1, 0.15) is 5.82 Å². The van der Waals surface area contributed by atoms with Crippen molar-refractivity contribution in [2.24, 2.45) is 4.99 Å². The molecule has 2 saturated heterocycles. The zero-order valence-electron chi connectivity index (χ0n) is 17.7. The van der Waals surface area contributed by atoms with E-state index in [2.05, 4.69) is 30.2 Å². The van der Waals surface area contributed by atoms with Gasteiger partial charge >= 0.3 is 0 Å². The number of nitrogens with zero attached hydrogens (tertiary/aromatic N) is 3. The summed E-state index contributed by atoms with van der Waals surface area (Å²) >= 11 is 0. The molecule has 0 radical (unpaired) electrons. The molecule has 0 spiro atoms. The molecule has 1 aromatic heterocycles. The van der Waals surface area contributed by atoms with Gasteiger partial charge < -0.3 is 20.3 Å². The molecule has 2 fully saturated rings. The minimum absolute atomic E-state index is 0.00145. The van der Waals surface area contributed by atoms with Crippen LogP contribution in [0.4, 0.5) is 5.82 Å². The molecule has 1 unspecified atom stereocenters. The van der Waals surface area contributed by atoms with Crippen LogP contribution in [0, 0.1) is 0 Å². The van der Waals surface area contributed by atoms with E-state index >= 15 is 0 Å². The molecule has 2 aliphatic rings. The lowest BCUT2D eigenvalue weighted by molar-refractivity contribution is 0.0200. The molecule has 0 aliphatic carbocycles. The number of sulfonamides is 1. The van der Waals surface area contributed by atoms with Crippen LogP contribution >= 0.6 is 0 Å². The second-order valence-corrected chi connectivity index (χ2v) is 9.67. The Hall–Kier alpha value is -1.91. The van der Waals surface area contributed by atoms with E-state index in [0.717, 1.165) is 57.6 Å². The quantitative estimate of drug-likeness (QED) is 0.405. The second-order valence-electron chi connectivity index (χ2n) is 7.75. The molecule has 9 nitrogen and oxygen atoms in total. The Morgan fingerprint density at radius 2 is 2.10 bits per heavy atom. The van der Waals surface area contributed by atoms with Crippen molar-refractivity contribution in [3.63, 3.8) is 0 Å². The number of hydrogen-bond donors (Lipinski definition) is 3. The van der Waals surface area contributed by atoms with Crippen molar-refractivity contribution in [3.05, 3.63) is 24.4 Å². The number of nitrogens with one attached hydrogen (secondary N) is 3. The maximum atomic E-state index is 12.2. The number of hydrogen-bond acceptors (Lipinski definition) is 6. The Balaban J connectivity index is 1.34. The number of rotatable bonds is 8. The van der Waals surface area contributed by atoms with Crippen LogP contribution in [0.3, 0.4) is 0 Å². The first-order valence-electron chi connectivity index (χ1n) is 10.8. The van der Waals surface area contributed by atoms with Gasteiger partial charge in [-0.25, -0.2) is 18.1 Å². The summed E-state index contributed by atoms with van der Waals surface area (Å²) in [6.07, 6.45) is 6.82. The normalized spacial score (nSPS) is 21.4. The Labute approximate surface area is 179 Å².